The Morgan fingerprint density at radius 3 is 2.71 bits per heavy atom. The summed E-state index contributed by atoms with van der Waals surface area (Å²) in [4.78, 5) is 22.0. The summed E-state index contributed by atoms with van der Waals surface area (Å²) < 4.78 is 4.79. The normalized spacial score (nSPS) is 9.94. The van der Waals surface area contributed by atoms with E-state index >= 15 is 0 Å². The van der Waals surface area contributed by atoms with Gasteiger partial charge in [0.25, 0.3) is 0 Å². The van der Waals surface area contributed by atoms with E-state index in [4.69, 9.17) is 15.6 Å². The molecule has 0 aliphatic rings. The van der Waals surface area contributed by atoms with Crippen LogP contribution in [0, 0.1) is 0 Å². The highest BCUT2D eigenvalue weighted by Crippen LogP contribution is 2.15. The van der Waals surface area contributed by atoms with E-state index in [-0.39, 0.29) is 23.6 Å². The zero-order valence-corrected chi connectivity index (χ0v) is 9.60. The summed E-state index contributed by atoms with van der Waals surface area (Å²) >= 11 is 0. The topological polar surface area (TPSA) is 89.6 Å². The summed E-state index contributed by atoms with van der Waals surface area (Å²) in [6.07, 6.45) is 0.677. The Balaban J connectivity index is 2.69. The minimum absolute atomic E-state index is 0.0614. The van der Waals surface area contributed by atoms with Gasteiger partial charge in [0.1, 0.15) is 0 Å². The fourth-order valence-corrected chi connectivity index (χ4v) is 1.42. The van der Waals surface area contributed by atoms with Gasteiger partial charge < -0.3 is 15.6 Å². The van der Waals surface area contributed by atoms with Crippen molar-refractivity contribution in [2.45, 2.75) is 19.8 Å². The molecule has 0 saturated heterocycles. The van der Waals surface area contributed by atoms with Crippen molar-refractivity contribution >= 4 is 17.6 Å². The fraction of sp³-hybridized carbons (Fsp3) is 0.333. The summed E-state index contributed by atoms with van der Waals surface area (Å²) in [5.74, 6) is -1.36. The summed E-state index contributed by atoms with van der Waals surface area (Å²) in [5, 5.41) is 8.88. The molecule has 1 aromatic carbocycles. The van der Waals surface area contributed by atoms with Gasteiger partial charge >= 0.3 is 11.9 Å². The van der Waals surface area contributed by atoms with Gasteiger partial charge in [-0.3, -0.25) is 4.79 Å². The molecule has 0 atom stereocenters. The van der Waals surface area contributed by atoms with Crippen LogP contribution in [0.2, 0.25) is 0 Å². The van der Waals surface area contributed by atoms with Crippen LogP contribution in [0.25, 0.3) is 0 Å². The van der Waals surface area contributed by atoms with Gasteiger partial charge in [0, 0.05) is 12.1 Å². The van der Waals surface area contributed by atoms with Crippen molar-refractivity contribution in [2.24, 2.45) is 0 Å². The van der Waals surface area contributed by atoms with Gasteiger partial charge in [0.05, 0.1) is 12.2 Å². The molecule has 0 aliphatic heterocycles. The number of rotatable bonds is 5. The first kappa shape index (κ1) is 13.0. The zero-order chi connectivity index (χ0) is 12.8. The zero-order valence-electron chi connectivity index (χ0n) is 9.60. The molecule has 92 valence electrons. The van der Waals surface area contributed by atoms with E-state index in [0.29, 0.717) is 13.0 Å². The molecule has 1 rings (SSSR count). The molecular weight excluding hydrogens is 222 g/mol. The third kappa shape index (κ3) is 3.79. The van der Waals surface area contributed by atoms with E-state index in [9.17, 15) is 9.59 Å². The van der Waals surface area contributed by atoms with Gasteiger partial charge in [-0.15, -0.1) is 0 Å². The number of hydrogen-bond donors (Lipinski definition) is 2. The van der Waals surface area contributed by atoms with Crippen LogP contribution in [-0.4, -0.2) is 23.7 Å². The maximum atomic E-state index is 11.1. The molecule has 0 aromatic heterocycles. The number of benzene rings is 1. The van der Waals surface area contributed by atoms with Crippen molar-refractivity contribution in [3.8, 4) is 0 Å². The molecule has 0 unspecified atom stereocenters. The van der Waals surface area contributed by atoms with E-state index in [1.165, 1.54) is 12.1 Å². The average Bonchev–Trinajstić information content (AvgIpc) is 2.28. The van der Waals surface area contributed by atoms with Crippen LogP contribution >= 0.6 is 0 Å². The second-order valence-corrected chi connectivity index (χ2v) is 3.53. The first-order chi connectivity index (χ1) is 8.04. The van der Waals surface area contributed by atoms with Crippen molar-refractivity contribution in [3.63, 3.8) is 0 Å². The highest BCUT2D eigenvalue weighted by molar-refractivity contribution is 5.93. The smallest absolute Gasteiger partial charge is 0.337 e. The lowest BCUT2D eigenvalue weighted by atomic mass is 10.0. The molecule has 0 heterocycles. The molecule has 0 radical (unpaired) electrons. The third-order valence-corrected chi connectivity index (χ3v) is 2.27. The summed E-state index contributed by atoms with van der Waals surface area (Å²) in [6.45, 7) is 2.09. The van der Waals surface area contributed by atoms with E-state index in [2.05, 4.69) is 0 Å². The molecule has 0 aliphatic carbocycles. The number of carbonyl (C=O) groups is 2. The molecule has 0 saturated carbocycles. The van der Waals surface area contributed by atoms with Crippen molar-refractivity contribution in [3.05, 3.63) is 29.3 Å². The van der Waals surface area contributed by atoms with Gasteiger partial charge in [-0.25, -0.2) is 4.79 Å². The minimum atomic E-state index is -1.07. The Kier molecular flexibility index (Phi) is 4.51. The lowest BCUT2D eigenvalue weighted by Crippen LogP contribution is -2.07. The van der Waals surface area contributed by atoms with Gasteiger partial charge in [0.15, 0.2) is 0 Å². The number of carboxylic acids is 1. The second-order valence-electron chi connectivity index (χ2n) is 3.53. The van der Waals surface area contributed by atoms with Crippen LogP contribution in [0.1, 0.15) is 29.3 Å². The third-order valence-electron chi connectivity index (χ3n) is 2.27. The number of esters is 1. The Bertz CT molecular complexity index is 429. The largest absolute Gasteiger partial charge is 0.478 e. The SMILES string of the molecule is CCOC(=O)CCc1ccc(N)c(C(=O)O)c1. The molecule has 5 nitrogen and oxygen atoms in total. The van der Waals surface area contributed by atoms with E-state index in [0.717, 1.165) is 5.56 Å². The number of hydrogen-bond acceptors (Lipinski definition) is 4. The second kappa shape index (κ2) is 5.89. The number of ether oxygens (including phenoxy) is 1. The van der Waals surface area contributed by atoms with Crippen molar-refractivity contribution in [1.29, 1.82) is 0 Å². The van der Waals surface area contributed by atoms with Crippen LogP contribution in [0.3, 0.4) is 0 Å². The Morgan fingerprint density at radius 1 is 1.41 bits per heavy atom. The first-order valence-corrected chi connectivity index (χ1v) is 5.32. The summed E-state index contributed by atoms with van der Waals surface area (Å²) in [7, 11) is 0. The van der Waals surface area contributed by atoms with E-state index < -0.39 is 5.97 Å². The predicted molar refractivity (Wildman–Crippen MR) is 62.8 cm³/mol. The van der Waals surface area contributed by atoms with Crippen LogP contribution in [-0.2, 0) is 16.0 Å². The monoisotopic (exact) mass is 237 g/mol. The van der Waals surface area contributed by atoms with Gasteiger partial charge in [-0.1, -0.05) is 6.07 Å². The highest BCUT2D eigenvalue weighted by Gasteiger charge is 2.09. The maximum absolute atomic E-state index is 11.1. The van der Waals surface area contributed by atoms with Crippen molar-refractivity contribution < 1.29 is 19.4 Å². The predicted octanol–water partition coefficient (Wildman–Crippen LogP) is 1.46. The highest BCUT2D eigenvalue weighted by atomic mass is 16.5. The number of anilines is 1. The number of aromatic carboxylic acids is 1. The molecule has 0 amide bonds. The Labute approximate surface area is 99.2 Å². The molecule has 0 spiro atoms. The molecule has 5 heteroatoms. The molecule has 0 fully saturated rings. The first-order valence-electron chi connectivity index (χ1n) is 5.32. The number of carbonyl (C=O) groups excluding carboxylic acids is 1. The number of carboxylic acid groups (broad SMARTS) is 1. The van der Waals surface area contributed by atoms with Crippen LogP contribution in [0.15, 0.2) is 18.2 Å². The number of nitrogen functional groups attached to an aromatic ring is 1. The minimum Gasteiger partial charge on any atom is -0.478 e. The molecule has 1 aromatic rings. The van der Waals surface area contributed by atoms with Gasteiger partial charge in [0.2, 0.25) is 0 Å². The lowest BCUT2D eigenvalue weighted by Gasteiger charge is -2.05. The number of nitrogens with two attached hydrogens (primary N) is 1. The standard InChI is InChI=1S/C12H15NO4/c1-2-17-11(14)6-4-8-3-5-10(13)9(7-8)12(15)16/h3,5,7H,2,4,6,13H2,1H3,(H,15,16). The van der Waals surface area contributed by atoms with Crippen LogP contribution in [0.4, 0.5) is 5.69 Å². The average molecular weight is 237 g/mol. The maximum Gasteiger partial charge on any atom is 0.337 e. The Hall–Kier alpha value is -2.04. The summed E-state index contributed by atoms with van der Waals surface area (Å²) in [6, 6.07) is 4.72. The van der Waals surface area contributed by atoms with Gasteiger partial charge in [-0.05, 0) is 31.0 Å². The van der Waals surface area contributed by atoms with Crippen molar-refractivity contribution in [2.75, 3.05) is 12.3 Å². The fourth-order valence-electron chi connectivity index (χ4n) is 1.42. The summed E-state index contributed by atoms with van der Waals surface area (Å²) in [5.41, 5.74) is 6.56. The van der Waals surface area contributed by atoms with Crippen LogP contribution < -0.4 is 5.73 Å². The van der Waals surface area contributed by atoms with Crippen LogP contribution in [0.5, 0.6) is 0 Å². The Morgan fingerprint density at radius 2 is 2.12 bits per heavy atom. The molecule has 0 bridgehead atoms. The van der Waals surface area contributed by atoms with Crippen molar-refractivity contribution in [1.82, 2.24) is 0 Å². The number of aryl methyl sites for hydroxylation is 1. The lowest BCUT2D eigenvalue weighted by molar-refractivity contribution is -0.143. The molecule has 3 N–H and O–H groups in total. The van der Waals surface area contributed by atoms with Gasteiger partial charge in [-0.2, -0.15) is 0 Å². The molecule has 17 heavy (non-hydrogen) atoms. The molecular formula is C12H15NO4. The quantitative estimate of drug-likeness (QED) is 0.597. The van der Waals surface area contributed by atoms with E-state index in [1.54, 1.807) is 13.0 Å². The van der Waals surface area contributed by atoms with E-state index in [1.807, 2.05) is 0 Å².